The third kappa shape index (κ3) is 5.52. The highest BCUT2D eigenvalue weighted by molar-refractivity contribution is 7.89. The molecule has 0 radical (unpaired) electrons. The van der Waals surface area contributed by atoms with Crippen molar-refractivity contribution >= 4 is 27.0 Å². The fourth-order valence-corrected chi connectivity index (χ4v) is 5.21. The predicted octanol–water partition coefficient (Wildman–Crippen LogP) is 4.58. The maximum atomic E-state index is 12.1. The van der Waals surface area contributed by atoms with Crippen LogP contribution >= 0.6 is 0 Å². The van der Waals surface area contributed by atoms with E-state index in [4.69, 9.17) is 10.1 Å². The molecule has 2 aromatic heterocycles. The molecular formula is C24H34N6O2S. The van der Waals surface area contributed by atoms with E-state index in [0.717, 1.165) is 60.6 Å². The van der Waals surface area contributed by atoms with Gasteiger partial charge in [0, 0.05) is 24.8 Å². The van der Waals surface area contributed by atoms with Gasteiger partial charge in [-0.1, -0.05) is 57.6 Å². The van der Waals surface area contributed by atoms with E-state index in [1.807, 2.05) is 10.9 Å². The molecule has 3 aromatic rings. The van der Waals surface area contributed by atoms with E-state index in [1.165, 1.54) is 39.2 Å². The van der Waals surface area contributed by atoms with E-state index in [9.17, 15) is 8.42 Å². The Morgan fingerprint density at radius 1 is 1.12 bits per heavy atom. The molecule has 0 spiro atoms. The summed E-state index contributed by atoms with van der Waals surface area (Å²) in [6.07, 6.45) is 11.7. The summed E-state index contributed by atoms with van der Waals surface area (Å²) in [5.41, 5.74) is 2.45. The van der Waals surface area contributed by atoms with Crippen LogP contribution in [-0.2, 0) is 16.6 Å². The van der Waals surface area contributed by atoms with Crippen LogP contribution in [0.4, 0.5) is 5.95 Å². The Balaban J connectivity index is 1.66. The smallest absolute Gasteiger partial charge is 0.240 e. The Bertz CT molecular complexity index is 1170. The Kier molecular flexibility index (Phi) is 7.60. The van der Waals surface area contributed by atoms with Crippen molar-refractivity contribution in [3.63, 3.8) is 0 Å². The number of hydrogen-bond donors (Lipinski definition) is 2. The number of sulfonamides is 1. The second kappa shape index (κ2) is 10.6. The lowest BCUT2D eigenvalue weighted by Gasteiger charge is -2.21. The first-order valence-electron chi connectivity index (χ1n) is 12.0. The summed E-state index contributed by atoms with van der Waals surface area (Å²) in [5.74, 6) is 1.37. The number of fused-ring (bicyclic) bond motifs is 1. The molecule has 0 bridgehead atoms. The molecule has 1 saturated carbocycles. The molecule has 0 amide bonds. The van der Waals surface area contributed by atoms with E-state index in [1.54, 1.807) is 24.3 Å². The standard InChI is InChI=1S/C24H34N6O2S/c1-3-4-15-26-24-27-17-21-22(19-10-12-20(13-11-19)33(31,32)25-2)29-30(23(21)28-24)16-14-18-8-6-5-7-9-18/h10-13,17-18,25H,3-9,14-16H2,1-2H3,(H,26,27,28). The molecule has 178 valence electrons. The van der Waals surface area contributed by atoms with Gasteiger partial charge in [-0.25, -0.2) is 22.8 Å². The van der Waals surface area contributed by atoms with Crippen molar-refractivity contribution in [2.45, 2.75) is 69.7 Å². The topological polar surface area (TPSA) is 102 Å². The lowest BCUT2D eigenvalue weighted by atomic mass is 9.87. The third-order valence-corrected chi connectivity index (χ3v) is 7.91. The summed E-state index contributed by atoms with van der Waals surface area (Å²) >= 11 is 0. The van der Waals surface area contributed by atoms with Gasteiger partial charge in [-0.15, -0.1) is 0 Å². The number of aromatic nitrogens is 4. The van der Waals surface area contributed by atoms with Crippen LogP contribution in [-0.4, -0.2) is 41.8 Å². The molecule has 4 rings (SSSR count). The van der Waals surface area contributed by atoms with Crippen LogP contribution < -0.4 is 10.0 Å². The van der Waals surface area contributed by atoms with Crippen LogP contribution in [0, 0.1) is 5.92 Å². The minimum Gasteiger partial charge on any atom is -0.354 e. The Hall–Kier alpha value is -2.52. The quantitative estimate of drug-likeness (QED) is 0.421. The van der Waals surface area contributed by atoms with Crippen molar-refractivity contribution in [1.29, 1.82) is 0 Å². The van der Waals surface area contributed by atoms with Crippen molar-refractivity contribution in [1.82, 2.24) is 24.5 Å². The summed E-state index contributed by atoms with van der Waals surface area (Å²) in [6, 6.07) is 6.81. The van der Waals surface area contributed by atoms with Crippen molar-refractivity contribution in [2.75, 3.05) is 18.9 Å². The fraction of sp³-hybridized carbons (Fsp3) is 0.542. The molecule has 1 aromatic carbocycles. The second-order valence-electron chi connectivity index (χ2n) is 8.81. The van der Waals surface area contributed by atoms with Crippen LogP contribution in [0.25, 0.3) is 22.3 Å². The zero-order valence-electron chi connectivity index (χ0n) is 19.5. The first kappa shape index (κ1) is 23.6. The van der Waals surface area contributed by atoms with Crippen LogP contribution in [0.2, 0.25) is 0 Å². The van der Waals surface area contributed by atoms with Gasteiger partial charge in [-0.3, -0.25) is 0 Å². The van der Waals surface area contributed by atoms with Gasteiger partial charge in [0.15, 0.2) is 5.65 Å². The van der Waals surface area contributed by atoms with Crippen LogP contribution in [0.3, 0.4) is 0 Å². The number of unbranched alkanes of at least 4 members (excludes halogenated alkanes) is 1. The Morgan fingerprint density at radius 3 is 2.58 bits per heavy atom. The van der Waals surface area contributed by atoms with Crippen LogP contribution in [0.15, 0.2) is 35.4 Å². The Morgan fingerprint density at radius 2 is 1.88 bits per heavy atom. The highest BCUT2D eigenvalue weighted by Gasteiger charge is 2.19. The predicted molar refractivity (Wildman–Crippen MR) is 132 cm³/mol. The van der Waals surface area contributed by atoms with Gasteiger partial charge in [-0.05, 0) is 37.9 Å². The van der Waals surface area contributed by atoms with Gasteiger partial charge in [0.25, 0.3) is 0 Å². The van der Waals surface area contributed by atoms with Gasteiger partial charge in [-0.2, -0.15) is 10.1 Å². The second-order valence-corrected chi connectivity index (χ2v) is 10.7. The molecule has 1 aliphatic rings. The van der Waals surface area contributed by atoms with E-state index >= 15 is 0 Å². The molecule has 2 heterocycles. The molecule has 0 aliphatic heterocycles. The van der Waals surface area contributed by atoms with Crippen molar-refractivity contribution in [3.05, 3.63) is 30.5 Å². The molecule has 0 unspecified atom stereocenters. The minimum atomic E-state index is -3.48. The molecule has 1 fully saturated rings. The van der Waals surface area contributed by atoms with Crippen molar-refractivity contribution in [3.8, 4) is 11.3 Å². The zero-order chi connectivity index (χ0) is 23.3. The minimum absolute atomic E-state index is 0.230. The normalized spacial score (nSPS) is 15.2. The number of benzene rings is 1. The number of aryl methyl sites for hydroxylation is 1. The highest BCUT2D eigenvalue weighted by atomic mass is 32.2. The summed E-state index contributed by atoms with van der Waals surface area (Å²) in [6.45, 7) is 3.82. The first-order chi connectivity index (χ1) is 16.0. The summed E-state index contributed by atoms with van der Waals surface area (Å²) in [4.78, 5) is 9.55. The van der Waals surface area contributed by atoms with Crippen molar-refractivity contribution in [2.24, 2.45) is 5.92 Å². The van der Waals surface area contributed by atoms with Crippen molar-refractivity contribution < 1.29 is 8.42 Å². The first-order valence-corrected chi connectivity index (χ1v) is 13.5. The number of rotatable bonds is 10. The largest absolute Gasteiger partial charge is 0.354 e. The molecule has 9 heteroatoms. The average Bonchev–Trinajstić information content (AvgIpc) is 3.21. The molecule has 0 atom stereocenters. The van der Waals surface area contributed by atoms with Crippen LogP contribution in [0.1, 0.15) is 58.3 Å². The lowest BCUT2D eigenvalue weighted by Crippen LogP contribution is -2.18. The average molecular weight is 471 g/mol. The number of hydrogen-bond acceptors (Lipinski definition) is 6. The summed E-state index contributed by atoms with van der Waals surface area (Å²) < 4.78 is 28.5. The molecular weight excluding hydrogens is 436 g/mol. The maximum Gasteiger partial charge on any atom is 0.240 e. The van der Waals surface area contributed by atoms with Crippen LogP contribution in [0.5, 0.6) is 0 Å². The maximum absolute atomic E-state index is 12.1. The van der Waals surface area contributed by atoms with Gasteiger partial charge in [0.05, 0.1) is 10.3 Å². The van der Waals surface area contributed by atoms with E-state index in [-0.39, 0.29) is 4.90 Å². The van der Waals surface area contributed by atoms with Gasteiger partial charge >= 0.3 is 0 Å². The third-order valence-electron chi connectivity index (χ3n) is 6.48. The number of nitrogens with one attached hydrogen (secondary N) is 2. The SMILES string of the molecule is CCCCNc1ncc2c(-c3ccc(S(=O)(=O)NC)cc3)nn(CCC3CCCCC3)c2n1. The molecule has 2 N–H and O–H groups in total. The number of nitrogens with zero attached hydrogens (tertiary/aromatic N) is 4. The molecule has 0 saturated heterocycles. The fourth-order valence-electron chi connectivity index (χ4n) is 4.48. The molecule has 33 heavy (non-hydrogen) atoms. The highest BCUT2D eigenvalue weighted by Crippen LogP contribution is 2.30. The van der Waals surface area contributed by atoms with E-state index < -0.39 is 10.0 Å². The zero-order valence-corrected chi connectivity index (χ0v) is 20.4. The summed E-state index contributed by atoms with van der Waals surface area (Å²) in [7, 11) is -2.07. The van der Waals surface area contributed by atoms with Gasteiger partial charge in [0.2, 0.25) is 16.0 Å². The number of anilines is 1. The molecule has 1 aliphatic carbocycles. The van der Waals surface area contributed by atoms with Gasteiger partial charge in [0.1, 0.15) is 5.69 Å². The lowest BCUT2D eigenvalue weighted by molar-refractivity contribution is 0.320. The van der Waals surface area contributed by atoms with E-state index in [0.29, 0.717) is 5.95 Å². The monoisotopic (exact) mass is 470 g/mol. The van der Waals surface area contributed by atoms with Gasteiger partial charge < -0.3 is 5.32 Å². The summed E-state index contributed by atoms with van der Waals surface area (Å²) in [5, 5.41) is 9.11. The molecule has 8 nitrogen and oxygen atoms in total. The van der Waals surface area contributed by atoms with E-state index in [2.05, 4.69) is 21.9 Å². The Labute approximate surface area is 196 Å².